The van der Waals surface area contributed by atoms with Crippen LogP contribution in [-0.2, 0) is 6.54 Å². The zero-order valence-electron chi connectivity index (χ0n) is 19.2. The highest BCUT2D eigenvalue weighted by molar-refractivity contribution is 6.30. The fourth-order valence-corrected chi connectivity index (χ4v) is 5.74. The van der Waals surface area contributed by atoms with E-state index < -0.39 is 0 Å². The van der Waals surface area contributed by atoms with E-state index >= 15 is 0 Å². The molecule has 34 heavy (non-hydrogen) atoms. The number of pyridine rings is 1. The first-order chi connectivity index (χ1) is 16.6. The average Bonchev–Trinajstić information content (AvgIpc) is 3.52. The minimum absolute atomic E-state index is 0.172. The van der Waals surface area contributed by atoms with Gasteiger partial charge in [-0.05, 0) is 54.7 Å². The number of benzene rings is 2. The Morgan fingerprint density at radius 3 is 2.38 bits per heavy atom. The highest BCUT2D eigenvalue weighted by Crippen LogP contribution is 2.34. The molecule has 172 valence electrons. The summed E-state index contributed by atoms with van der Waals surface area (Å²) in [5.74, 6) is 1.21. The molecule has 2 aliphatic heterocycles. The Labute approximate surface area is 204 Å². The van der Waals surface area contributed by atoms with Gasteiger partial charge in [-0.3, -0.25) is 9.69 Å². The van der Waals surface area contributed by atoms with E-state index in [2.05, 4.69) is 32.5 Å². The van der Waals surface area contributed by atoms with E-state index in [9.17, 15) is 4.79 Å². The summed E-state index contributed by atoms with van der Waals surface area (Å²) in [6.07, 6.45) is 2.09. The van der Waals surface area contributed by atoms with Crippen molar-refractivity contribution in [3.05, 3.63) is 94.8 Å². The maximum absolute atomic E-state index is 13.1. The highest BCUT2D eigenvalue weighted by Gasteiger charge is 2.42. The summed E-state index contributed by atoms with van der Waals surface area (Å²) in [5.41, 5.74) is 6.13. The Kier molecular flexibility index (Phi) is 5.39. The first-order valence-corrected chi connectivity index (χ1v) is 12.2. The Hall–Kier alpha value is -3.15. The van der Waals surface area contributed by atoms with E-state index in [1.54, 1.807) is 0 Å². The molecule has 2 saturated heterocycles. The zero-order chi connectivity index (χ0) is 23.2. The fraction of sp³-hybridized carbons (Fsp3) is 0.286. The standard InChI is InChI=1S/C28H27ClN4O/c1-19-6-2-3-7-24(19)28(34)32-16-21-14-31(15-22(21)17-32)18-25-27(20-9-11-23(29)12-10-20)30-26-8-4-5-13-33(25)26/h2-13,21-22H,14-18H2,1H3. The van der Waals surface area contributed by atoms with E-state index in [1.807, 2.05) is 61.5 Å². The smallest absolute Gasteiger partial charge is 0.254 e. The van der Waals surface area contributed by atoms with Gasteiger partial charge >= 0.3 is 0 Å². The Bertz CT molecular complexity index is 1350. The molecule has 6 heteroatoms. The molecular weight excluding hydrogens is 444 g/mol. The number of nitrogens with zero attached hydrogens (tertiary/aromatic N) is 4. The summed E-state index contributed by atoms with van der Waals surface area (Å²) in [5, 5.41) is 0.728. The summed E-state index contributed by atoms with van der Waals surface area (Å²) < 4.78 is 2.20. The lowest BCUT2D eigenvalue weighted by Gasteiger charge is -2.22. The quantitative estimate of drug-likeness (QED) is 0.413. The minimum atomic E-state index is 0.172. The molecule has 0 radical (unpaired) electrons. The van der Waals surface area contributed by atoms with Crippen LogP contribution < -0.4 is 0 Å². The van der Waals surface area contributed by atoms with Crippen LogP contribution >= 0.6 is 11.6 Å². The van der Waals surface area contributed by atoms with Crippen molar-refractivity contribution >= 4 is 23.2 Å². The Balaban J connectivity index is 1.21. The number of carbonyl (C=O) groups is 1. The van der Waals surface area contributed by atoms with Crippen LogP contribution in [0.1, 0.15) is 21.6 Å². The van der Waals surface area contributed by atoms with Crippen LogP contribution in [0, 0.1) is 18.8 Å². The van der Waals surface area contributed by atoms with Gasteiger partial charge in [-0.15, -0.1) is 0 Å². The van der Waals surface area contributed by atoms with Crippen LogP contribution in [0.2, 0.25) is 5.02 Å². The van der Waals surface area contributed by atoms with Gasteiger partial charge in [-0.1, -0.05) is 48.0 Å². The summed E-state index contributed by atoms with van der Waals surface area (Å²) in [7, 11) is 0. The third kappa shape index (κ3) is 3.79. The first-order valence-electron chi connectivity index (χ1n) is 11.9. The second-order valence-electron chi connectivity index (χ2n) is 9.58. The number of likely N-dealkylation sites (tertiary alicyclic amines) is 2. The van der Waals surface area contributed by atoms with E-state index in [-0.39, 0.29) is 5.91 Å². The van der Waals surface area contributed by atoms with Gasteiger partial charge in [0, 0.05) is 55.1 Å². The lowest BCUT2D eigenvalue weighted by atomic mass is 10.0. The maximum atomic E-state index is 13.1. The summed E-state index contributed by atoms with van der Waals surface area (Å²) in [6.45, 7) is 6.53. The molecule has 0 bridgehead atoms. The van der Waals surface area contributed by atoms with E-state index in [1.165, 1.54) is 5.69 Å². The van der Waals surface area contributed by atoms with Gasteiger partial charge in [0.2, 0.25) is 0 Å². The summed E-state index contributed by atoms with van der Waals surface area (Å²) in [4.78, 5) is 22.6. The van der Waals surface area contributed by atoms with Gasteiger partial charge in [-0.25, -0.2) is 4.98 Å². The molecule has 4 aromatic rings. The predicted octanol–water partition coefficient (Wildman–Crippen LogP) is 5.17. The topological polar surface area (TPSA) is 40.9 Å². The molecule has 4 heterocycles. The number of carbonyl (C=O) groups excluding carboxylic acids is 1. The second-order valence-corrected chi connectivity index (χ2v) is 10.0. The van der Waals surface area contributed by atoms with Gasteiger partial charge < -0.3 is 9.30 Å². The molecule has 0 saturated carbocycles. The van der Waals surface area contributed by atoms with Crippen molar-refractivity contribution in [2.45, 2.75) is 13.5 Å². The van der Waals surface area contributed by atoms with Gasteiger partial charge in [0.15, 0.2) is 0 Å². The highest BCUT2D eigenvalue weighted by atomic mass is 35.5. The third-order valence-corrected chi connectivity index (χ3v) is 7.60. The number of imidazole rings is 1. The monoisotopic (exact) mass is 470 g/mol. The number of aryl methyl sites for hydroxylation is 1. The maximum Gasteiger partial charge on any atom is 0.254 e. The lowest BCUT2D eigenvalue weighted by Crippen LogP contribution is -2.33. The summed E-state index contributed by atoms with van der Waals surface area (Å²) in [6, 6.07) is 22.0. The molecule has 2 fully saturated rings. The zero-order valence-corrected chi connectivity index (χ0v) is 19.9. The van der Waals surface area contributed by atoms with E-state index in [4.69, 9.17) is 16.6 Å². The molecule has 2 aromatic heterocycles. The van der Waals surface area contributed by atoms with Crippen LogP contribution in [0.3, 0.4) is 0 Å². The van der Waals surface area contributed by atoms with Crippen LogP contribution in [0.5, 0.6) is 0 Å². The number of aromatic nitrogens is 2. The van der Waals surface area contributed by atoms with Gasteiger partial charge in [0.1, 0.15) is 5.65 Å². The van der Waals surface area contributed by atoms with Gasteiger partial charge in [0.05, 0.1) is 11.4 Å². The number of hydrogen-bond donors (Lipinski definition) is 0. The third-order valence-electron chi connectivity index (χ3n) is 7.34. The molecular formula is C28H27ClN4O. The largest absolute Gasteiger partial charge is 0.338 e. The van der Waals surface area contributed by atoms with Crippen molar-refractivity contribution in [2.24, 2.45) is 11.8 Å². The van der Waals surface area contributed by atoms with E-state index in [0.29, 0.717) is 11.8 Å². The molecule has 0 N–H and O–H groups in total. The number of rotatable bonds is 4. The van der Waals surface area contributed by atoms with Crippen LogP contribution in [-0.4, -0.2) is 51.3 Å². The Morgan fingerprint density at radius 1 is 0.941 bits per heavy atom. The fourth-order valence-electron chi connectivity index (χ4n) is 5.62. The van der Waals surface area contributed by atoms with Gasteiger partial charge in [-0.2, -0.15) is 0 Å². The normalized spacial score (nSPS) is 20.2. The lowest BCUT2D eigenvalue weighted by molar-refractivity contribution is 0.0772. The van der Waals surface area contributed by atoms with Crippen molar-refractivity contribution in [1.29, 1.82) is 0 Å². The van der Waals surface area contributed by atoms with Crippen molar-refractivity contribution in [3.63, 3.8) is 0 Å². The minimum Gasteiger partial charge on any atom is -0.338 e. The van der Waals surface area contributed by atoms with Crippen molar-refractivity contribution in [1.82, 2.24) is 19.2 Å². The number of fused-ring (bicyclic) bond motifs is 2. The van der Waals surface area contributed by atoms with Crippen molar-refractivity contribution in [3.8, 4) is 11.3 Å². The first kappa shape index (κ1) is 21.4. The molecule has 6 rings (SSSR count). The van der Waals surface area contributed by atoms with E-state index in [0.717, 1.165) is 65.8 Å². The molecule has 1 amide bonds. The van der Waals surface area contributed by atoms with Gasteiger partial charge in [0.25, 0.3) is 5.91 Å². The van der Waals surface area contributed by atoms with Crippen LogP contribution in [0.25, 0.3) is 16.9 Å². The number of amides is 1. The second kappa shape index (κ2) is 8.57. The van der Waals surface area contributed by atoms with Crippen molar-refractivity contribution < 1.29 is 4.79 Å². The Morgan fingerprint density at radius 2 is 1.65 bits per heavy atom. The number of halogens is 1. The molecule has 5 nitrogen and oxygen atoms in total. The molecule has 2 aromatic carbocycles. The van der Waals surface area contributed by atoms with Crippen LogP contribution in [0.15, 0.2) is 72.9 Å². The molecule has 0 spiro atoms. The van der Waals surface area contributed by atoms with Crippen molar-refractivity contribution in [2.75, 3.05) is 26.2 Å². The number of hydrogen-bond acceptors (Lipinski definition) is 3. The van der Waals surface area contributed by atoms with Crippen LogP contribution in [0.4, 0.5) is 0 Å². The molecule has 0 aliphatic carbocycles. The predicted molar refractivity (Wildman–Crippen MR) is 135 cm³/mol. The SMILES string of the molecule is Cc1ccccc1C(=O)N1CC2CN(Cc3c(-c4ccc(Cl)cc4)nc4ccccn34)CC2C1. The molecule has 2 aliphatic rings. The molecule has 2 atom stereocenters. The molecule has 2 unspecified atom stereocenters. The average molecular weight is 471 g/mol. The summed E-state index contributed by atoms with van der Waals surface area (Å²) >= 11 is 6.13.